The molecule has 0 amide bonds. The first-order valence-electron chi connectivity index (χ1n) is 6.69. The standard InChI is InChI=1S/C14H20ClNO5S/c1-9(2)4-13(14(17)18)16-22(19,20)12-6-10(8-21-3)5-11(15)7-12/h5-7,9,13,16H,4,8H2,1-3H3,(H,17,18)/t13-/m1/s1. The molecule has 0 spiro atoms. The quantitative estimate of drug-likeness (QED) is 0.751. The van der Waals surface area contributed by atoms with Crippen LogP contribution in [0.15, 0.2) is 23.1 Å². The molecule has 1 aromatic carbocycles. The molecule has 0 bridgehead atoms. The van der Waals surface area contributed by atoms with Crippen molar-refractivity contribution in [3.8, 4) is 0 Å². The zero-order valence-corrected chi connectivity index (χ0v) is 14.2. The minimum absolute atomic E-state index is 0.0345. The van der Waals surface area contributed by atoms with E-state index in [1.165, 1.54) is 19.2 Å². The van der Waals surface area contributed by atoms with Gasteiger partial charge in [0, 0.05) is 12.1 Å². The Morgan fingerprint density at radius 1 is 1.36 bits per heavy atom. The van der Waals surface area contributed by atoms with Gasteiger partial charge < -0.3 is 9.84 Å². The van der Waals surface area contributed by atoms with Gasteiger partial charge in [-0.3, -0.25) is 4.79 Å². The molecule has 6 nitrogen and oxygen atoms in total. The summed E-state index contributed by atoms with van der Waals surface area (Å²) < 4.78 is 31.9. The Kier molecular flexibility index (Phi) is 6.80. The minimum atomic E-state index is -3.98. The molecule has 0 aliphatic carbocycles. The summed E-state index contributed by atoms with van der Waals surface area (Å²) in [5.41, 5.74) is 0.589. The Labute approximate surface area is 135 Å². The maximum atomic E-state index is 12.4. The SMILES string of the molecule is COCc1cc(Cl)cc(S(=O)(=O)N[C@H](CC(C)C)C(=O)O)c1. The van der Waals surface area contributed by atoms with Gasteiger partial charge in [-0.05, 0) is 36.1 Å². The summed E-state index contributed by atoms with van der Waals surface area (Å²) in [5.74, 6) is -1.18. The molecule has 0 aliphatic rings. The van der Waals surface area contributed by atoms with Crippen molar-refractivity contribution in [3.63, 3.8) is 0 Å². The largest absolute Gasteiger partial charge is 0.480 e. The van der Waals surface area contributed by atoms with Gasteiger partial charge in [0.1, 0.15) is 6.04 Å². The van der Waals surface area contributed by atoms with E-state index in [0.717, 1.165) is 0 Å². The lowest BCUT2D eigenvalue weighted by Crippen LogP contribution is -2.41. The maximum absolute atomic E-state index is 12.4. The summed E-state index contributed by atoms with van der Waals surface area (Å²) in [7, 11) is -2.50. The smallest absolute Gasteiger partial charge is 0.321 e. The number of carbonyl (C=O) groups is 1. The zero-order valence-electron chi connectivity index (χ0n) is 12.7. The lowest BCUT2D eigenvalue weighted by molar-refractivity contribution is -0.139. The summed E-state index contributed by atoms with van der Waals surface area (Å²) in [4.78, 5) is 11.1. The second-order valence-corrected chi connectivity index (χ2v) is 7.52. The molecule has 0 radical (unpaired) electrons. The first-order valence-corrected chi connectivity index (χ1v) is 8.55. The van der Waals surface area contributed by atoms with Crippen LogP contribution >= 0.6 is 11.6 Å². The maximum Gasteiger partial charge on any atom is 0.321 e. The molecule has 0 aliphatic heterocycles. The van der Waals surface area contributed by atoms with Crippen molar-refractivity contribution in [2.45, 2.75) is 37.8 Å². The number of nitrogens with one attached hydrogen (secondary N) is 1. The monoisotopic (exact) mass is 349 g/mol. The second kappa shape index (κ2) is 7.92. The highest BCUT2D eigenvalue weighted by Gasteiger charge is 2.26. The van der Waals surface area contributed by atoms with Gasteiger partial charge in [0.2, 0.25) is 10.0 Å². The first kappa shape index (κ1) is 18.9. The highest BCUT2D eigenvalue weighted by molar-refractivity contribution is 7.89. The molecular formula is C14H20ClNO5S. The van der Waals surface area contributed by atoms with Gasteiger partial charge in [0.15, 0.2) is 0 Å². The van der Waals surface area contributed by atoms with E-state index in [1.807, 2.05) is 13.8 Å². The number of halogens is 1. The predicted octanol–water partition coefficient (Wildman–Crippen LogP) is 2.26. The van der Waals surface area contributed by atoms with Crippen molar-refractivity contribution < 1.29 is 23.1 Å². The molecular weight excluding hydrogens is 330 g/mol. The molecule has 124 valence electrons. The number of carboxylic acid groups (broad SMARTS) is 1. The van der Waals surface area contributed by atoms with Crippen molar-refractivity contribution >= 4 is 27.6 Å². The first-order chi connectivity index (χ1) is 10.2. The molecule has 1 aromatic rings. The number of hydrogen-bond donors (Lipinski definition) is 2. The van der Waals surface area contributed by atoms with Gasteiger partial charge in [0.25, 0.3) is 0 Å². The number of benzene rings is 1. The average Bonchev–Trinajstić information content (AvgIpc) is 2.36. The summed E-state index contributed by atoms with van der Waals surface area (Å²) in [6, 6.07) is 3.09. The van der Waals surface area contributed by atoms with Crippen molar-refractivity contribution in [2.75, 3.05) is 7.11 Å². The minimum Gasteiger partial charge on any atom is -0.480 e. The fourth-order valence-electron chi connectivity index (χ4n) is 1.95. The van der Waals surface area contributed by atoms with Crippen LogP contribution in [0, 0.1) is 5.92 Å². The van der Waals surface area contributed by atoms with Crippen LogP contribution in [-0.4, -0.2) is 32.6 Å². The molecule has 0 saturated heterocycles. The van der Waals surface area contributed by atoms with Crippen LogP contribution in [0.5, 0.6) is 0 Å². The van der Waals surface area contributed by atoms with Crippen molar-refractivity contribution in [2.24, 2.45) is 5.92 Å². The molecule has 22 heavy (non-hydrogen) atoms. The molecule has 1 atom stereocenters. The third-order valence-corrected chi connectivity index (χ3v) is 4.52. The number of rotatable bonds is 8. The van der Waals surface area contributed by atoms with Crippen molar-refractivity contribution in [3.05, 3.63) is 28.8 Å². The van der Waals surface area contributed by atoms with Gasteiger partial charge in [-0.1, -0.05) is 25.4 Å². The van der Waals surface area contributed by atoms with Crippen molar-refractivity contribution in [1.82, 2.24) is 4.72 Å². The van der Waals surface area contributed by atoms with E-state index >= 15 is 0 Å². The van der Waals surface area contributed by atoms with Crippen LogP contribution in [0.1, 0.15) is 25.8 Å². The summed E-state index contributed by atoms with van der Waals surface area (Å²) >= 11 is 5.91. The fourth-order valence-corrected chi connectivity index (χ4v) is 3.57. The van der Waals surface area contributed by atoms with E-state index in [9.17, 15) is 13.2 Å². The number of methoxy groups -OCH3 is 1. The van der Waals surface area contributed by atoms with Gasteiger partial charge in [-0.15, -0.1) is 0 Å². The van der Waals surface area contributed by atoms with E-state index in [4.69, 9.17) is 21.4 Å². The highest BCUT2D eigenvalue weighted by Crippen LogP contribution is 2.20. The van der Waals surface area contributed by atoms with Crippen LogP contribution in [0.25, 0.3) is 0 Å². The lowest BCUT2D eigenvalue weighted by atomic mass is 10.1. The zero-order chi connectivity index (χ0) is 16.9. The van der Waals surface area contributed by atoms with Crippen LogP contribution in [0.2, 0.25) is 5.02 Å². The van der Waals surface area contributed by atoms with E-state index in [0.29, 0.717) is 5.56 Å². The van der Waals surface area contributed by atoms with E-state index < -0.39 is 22.0 Å². The number of ether oxygens (including phenoxy) is 1. The topological polar surface area (TPSA) is 92.7 Å². The highest BCUT2D eigenvalue weighted by atomic mass is 35.5. The third-order valence-electron chi connectivity index (χ3n) is 2.86. The van der Waals surface area contributed by atoms with Gasteiger partial charge in [0.05, 0.1) is 11.5 Å². The van der Waals surface area contributed by atoms with Crippen LogP contribution < -0.4 is 4.72 Å². The summed E-state index contributed by atoms with van der Waals surface area (Å²) in [6.07, 6.45) is 0.195. The molecule has 0 heterocycles. The number of sulfonamides is 1. The molecule has 0 unspecified atom stereocenters. The summed E-state index contributed by atoms with van der Waals surface area (Å²) in [5, 5.41) is 9.39. The normalized spacial score (nSPS) is 13.3. The summed E-state index contributed by atoms with van der Waals surface area (Å²) in [6.45, 7) is 3.85. The lowest BCUT2D eigenvalue weighted by Gasteiger charge is -2.17. The van der Waals surface area contributed by atoms with Crippen molar-refractivity contribution in [1.29, 1.82) is 0 Å². The van der Waals surface area contributed by atoms with E-state index in [-0.39, 0.29) is 28.9 Å². The van der Waals surface area contributed by atoms with E-state index in [2.05, 4.69) is 4.72 Å². The second-order valence-electron chi connectivity index (χ2n) is 5.37. The molecule has 0 saturated carbocycles. The van der Waals surface area contributed by atoms with Gasteiger partial charge in [-0.25, -0.2) is 8.42 Å². The number of carboxylic acids is 1. The fraction of sp³-hybridized carbons (Fsp3) is 0.500. The molecule has 0 fully saturated rings. The van der Waals surface area contributed by atoms with Gasteiger partial charge in [-0.2, -0.15) is 4.72 Å². The van der Waals surface area contributed by atoms with Crippen LogP contribution in [-0.2, 0) is 26.2 Å². The van der Waals surface area contributed by atoms with Crippen LogP contribution in [0.4, 0.5) is 0 Å². The van der Waals surface area contributed by atoms with E-state index in [1.54, 1.807) is 6.07 Å². The number of hydrogen-bond acceptors (Lipinski definition) is 4. The number of aliphatic carboxylic acids is 1. The Balaban J connectivity index is 3.09. The Morgan fingerprint density at radius 2 is 2.00 bits per heavy atom. The molecule has 1 rings (SSSR count). The Morgan fingerprint density at radius 3 is 2.50 bits per heavy atom. The predicted molar refractivity (Wildman–Crippen MR) is 83.4 cm³/mol. The molecule has 0 aromatic heterocycles. The Bertz CT molecular complexity index is 630. The molecule has 8 heteroatoms. The Hall–Kier alpha value is -1.15. The van der Waals surface area contributed by atoms with Gasteiger partial charge >= 0.3 is 5.97 Å². The molecule has 2 N–H and O–H groups in total. The third kappa shape index (κ3) is 5.57. The average molecular weight is 350 g/mol. The van der Waals surface area contributed by atoms with Crippen LogP contribution in [0.3, 0.4) is 0 Å².